The van der Waals surface area contributed by atoms with E-state index in [2.05, 4.69) is 19.2 Å². The van der Waals surface area contributed by atoms with Gasteiger partial charge in [-0.1, -0.05) is 13.8 Å². The van der Waals surface area contributed by atoms with E-state index in [4.69, 9.17) is 9.84 Å². The van der Waals surface area contributed by atoms with Crippen LogP contribution in [0.5, 0.6) is 0 Å². The van der Waals surface area contributed by atoms with E-state index in [0.717, 1.165) is 25.7 Å². The molecule has 1 aliphatic rings. The average Bonchev–Trinajstić information content (AvgIpc) is 2.29. The Labute approximate surface area is 121 Å². The molecule has 1 aliphatic carbocycles. The third-order valence-electron chi connectivity index (χ3n) is 4.04. The maximum Gasteiger partial charge on any atom is 0.303 e. The summed E-state index contributed by atoms with van der Waals surface area (Å²) in [6, 6.07) is 0. The van der Waals surface area contributed by atoms with E-state index >= 15 is 0 Å². The quantitative estimate of drug-likeness (QED) is 0.681. The highest BCUT2D eigenvalue weighted by molar-refractivity contribution is 5.77. The van der Waals surface area contributed by atoms with Gasteiger partial charge in [0, 0.05) is 20.1 Å². The van der Waals surface area contributed by atoms with Crippen LogP contribution < -0.4 is 5.32 Å². The molecule has 116 valence electrons. The molecule has 0 bridgehead atoms. The number of carbonyl (C=O) groups is 2. The standard InChI is InChI=1S/C15H27NO4/c1-11(2)7-12(8-14(18)19)10-16-13(17)9-15(20-3)5-4-6-15/h11-12H,4-10H2,1-3H3,(H,16,17)(H,18,19)/t12-/m0/s1. The zero-order chi connectivity index (χ0) is 15.2. The van der Waals surface area contributed by atoms with Gasteiger partial charge in [-0.25, -0.2) is 0 Å². The molecule has 0 aliphatic heterocycles. The first-order valence-corrected chi connectivity index (χ1v) is 7.40. The molecule has 0 spiro atoms. The molecule has 0 unspecified atom stereocenters. The van der Waals surface area contributed by atoms with Crippen LogP contribution in [0.2, 0.25) is 0 Å². The summed E-state index contributed by atoms with van der Waals surface area (Å²) < 4.78 is 5.43. The van der Waals surface area contributed by atoms with Crippen LogP contribution in [-0.2, 0) is 14.3 Å². The van der Waals surface area contributed by atoms with Crippen molar-refractivity contribution in [3.05, 3.63) is 0 Å². The van der Waals surface area contributed by atoms with E-state index in [-0.39, 0.29) is 23.8 Å². The van der Waals surface area contributed by atoms with E-state index in [0.29, 0.717) is 18.9 Å². The smallest absolute Gasteiger partial charge is 0.303 e. The first kappa shape index (κ1) is 17.0. The average molecular weight is 285 g/mol. The minimum Gasteiger partial charge on any atom is -0.481 e. The van der Waals surface area contributed by atoms with E-state index in [1.807, 2.05) is 0 Å². The van der Waals surface area contributed by atoms with Crippen LogP contribution in [-0.4, -0.2) is 36.2 Å². The van der Waals surface area contributed by atoms with Crippen molar-refractivity contribution >= 4 is 11.9 Å². The van der Waals surface area contributed by atoms with Crippen LogP contribution in [0.1, 0.15) is 52.4 Å². The number of carboxylic acids is 1. The molecule has 0 aromatic heterocycles. The van der Waals surface area contributed by atoms with Gasteiger partial charge in [0.25, 0.3) is 0 Å². The molecule has 1 amide bonds. The fourth-order valence-electron chi connectivity index (χ4n) is 2.79. The molecule has 0 radical (unpaired) electrons. The van der Waals surface area contributed by atoms with Gasteiger partial charge >= 0.3 is 5.97 Å². The Hall–Kier alpha value is -1.10. The van der Waals surface area contributed by atoms with Gasteiger partial charge in [0.2, 0.25) is 5.91 Å². The monoisotopic (exact) mass is 285 g/mol. The summed E-state index contributed by atoms with van der Waals surface area (Å²) >= 11 is 0. The van der Waals surface area contributed by atoms with Crippen molar-refractivity contribution in [1.29, 1.82) is 0 Å². The third-order valence-corrected chi connectivity index (χ3v) is 4.04. The van der Waals surface area contributed by atoms with Crippen LogP contribution in [0.15, 0.2) is 0 Å². The Morgan fingerprint density at radius 3 is 2.40 bits per heavy atom. The Morgan fingerprint density at radius 1 is 1.35 bits per heavy atom. The molecule has 1 rings (SSSR count). The molecule has 0 aromatic carbocycles. The molecular formula is C15H27NO4. The van der Waals surface area contributed by atoms with Crippen LogP contribution in [0.25, 0.3) is 0 Å². The molecule has 1 saturated carbocycles. The lowest BCUT2D eigenvalue weighted by Gasteiger charge is -2.40. The summed E-state index contributed by atoms with van der Waals surface area (Å²) in [7, 11) is 1.65. The molecule has 20 heavy (non-hydrogen) atoms. The molecule has 2 N–H and O–H groups in total. The number of hydrogen-bond donors (Lipinski definition) is 2. The number of amides is 1. The summed E-state index contributed by atoms with van der Waals surface area (Å²) in [6.45, 7) is 4.55. The van der Waals surface area contributed by atoms with Gasteiger partial charge in [0.1, 0.15) is 0 Å². The van der Waals surface area contributed by atoms with Crippen LogP contribution in [0.3, 0.4) is 0 Å². The highest BCUT2D eigenvalue weighted by atomic mass is 16.5. The summed E-state index contributed by atoms with van der Waals surface area (Å²) in [5.74, 6) is -0.424. The van der Waals surface area contributed by atoms with Gasteiger partial charge in [-0.2, -0.15) is 0 Å². The van der Waals surface area contributed by atoms with Crippen LogP contribution in [0, 0.1) is 11.8 Å². The van der Waals surface area contributed by atoms with Gasteiger partial charge in [0.15, 0.2) is 0 Å². The number of carbonyl (C=O) groups excluding carboxylic acids is 1. The molecule has 1 fully saturated rings. The molecular weight excluding hydrogens is 258 g/mol. The number of hydrogen-bond acceptors (Lipinski definition) is 3. The maximum absolute atomic E-state index is 11.9. The zero-order valence-electron chi connectivity index (χ0n) is 12.8. The fourth-order valence-corrected chi connectivity index (χ4v) is 2.79. The van der Waals surface area contributed by atoms with E-state index < -0.39 is 5.97 Å². The Kier molecular flexibility index (Phi) is 6.46. The van der Waals surface area contributed by atoms with Crippen LogP contribution in [0.4, 0.5) is 0 Å². The Bertz CT molecular complexity index is 331. The number of rotatable bonds is 9. The lowest BCUT2D eigenvalue weighted by Crippen LogP contribution is -2.44. The SMILES string of the molecule is COC1(CC(=O)NC[C@H](CC(=O)O)CC(C)C)CCC1. The lowest BCUT2D eigenvalue weighted by atomic mass is 9.77. The molecule has 0 aromatic rings. The molecule has 5 nitrogen and oxygen atoms in total. The highest BCUT2D eigenvalue weighted by Crippen LogP contribution is 2.37. The summed E-state index contributed by atoms with van der Waals surface area (Å²) in [4.78, 5) is 22.8. The van der Waals surface area contributed by atoms with Crippen molar-refractivity contribution in [3.63, 3.8) is 0 Å². The first-order chi connectivity index (χ1) is 9.37. The largest absolute Gasteiger partial charge is 0.481 e. The topological polar surface area (TPSA) is 75.6 Å². The van der Waals surface area contributed by atoms with E-state index in [9.17, 15) is 9.59 Å². The molecule has 5 heteroatoms. The van der Waals surface area contributed by atoms with Gasteiger partial charge < -0.3 is 15.2 Å². The van der Waals surface area contributed by atoms with Gasteiger partial charge in [0.05, 0.1) is 12.0 Å². The normalized spacial score (nSPS) is 18.4. The third kappa shape index (κ3) is 5.49. The van der Waals surface area contributed by atoms with Gasteiger partial charge in [-0.15, -0.1) is 0 Å². The second-order valence-corrected chi connectivity index (χ2v) is 6.31. The lowest BCUT2D eigenvalue weighted by molar-refractivity contribution is -0.139. The van der Waals surface area contributed by atoms with Crippen molar-refractivity contribution in [2.24, 2.45) is 11.8 Å². The highest BCUT2D eigenvalue weighted by Gasteiger charge is 2.38. The van der Waals surface area contributed by atoms with Gasteiger partial charge in [-0.05, 0) is 37.5 Å². The number of nitrogens with one attached hydrogen (secondary N) is 1. The van der Waals surface area contributed by atoms with Crippen molar-refractivity contribution in [1.82, 2.24) is 5.32 Å². The van der Waals surface area contributed by atoms with E-state index in [1.54, 1.807) is 7.11 Å². The minimum absolute atomic E-state index is 0.00339. The zero-order valence-corrected chi connectivity index (χ0v) is 12.8. The number of aliphatic carboxylic acids is 1. The van der Waals surface area contributed by atoms with Crippen molar-refractivity contribution in [2.45, 2.75) is 58.0 Å². The Morgan fingerprint density at radius 2 is 2.00 bits per heavy atom. The van der Waals surface area contributed by atoms with Crippen molar-refractivity contribution < 1.29 is 19.4 Å². The second-order valence-electron chi connectivity index (χ2n) is 6.31. The summed E-state index contributed by atoms with van der Waals surface area (Å²) in [6.07, 6.45) is 4.26. The Balaban J connectivity index is 2.37. The predicted molar refractivity (Wildman–Crippen MR) is 76.4 cm³/mol. The van der Waals surface area contributed by atoms with Crippen molar-refractivity contribution in [2.75, 3.05) is 13.7 Å². The van der Waals surface area contributed by atoms with E-state index in [1.165, 1.54) is 0 Å². The predicted octanol–water partition coefficient (Wildman–Crippen LogP) is 2.20. The molecule has 0 saturated heterocycles. The minimum atomic E-state index is -0.808. The molecule has 0 heterocycles. The summed E-state index contributed by atoms with van der Waals surface area (Å²) in [5, 5.41) is 11.8. The number of carboxylic acid groups (broad SMARTS) is 1. The first-order valence-electron chi connectivity index (χ1n) is 7.40. The fraction of sp³-hybridized carbons (Fsp3) is 0.867. The molecule has 1 atom stereocenters. The second kappa shape index (κ2) is 7.62. The van der Waals surface area contributed by atoms with Crippen LogP contribution >= 0.6 is 0 Å². The summed E-state index contributed by atoms with van der Waals surface area (Å²) in [5.41, 5.74) is -0.273. The number of methoxy groups -OCH3 is 1. The number of ether oxygens (including phenoxy) is 1. The van der Waals surface area contributed by atoms with Crippen molar-refractivity contribution in [3.8, 4) is 0 Å². The van der Waals surface area contributed by atoms with Gasteiger partial charge in [-0.3, -0.25) is 9.59 Å². The maximum atomic E-state index is 11.9.